The number of nitrogens with one attached hydrogen (secondary N) is 2. The largest absolute Gasteiger partial charge is 0.394 e. The van der Waals surface area contributed by atoms with Crippen LogP contribution < -0.4 is 10.0 Å². The van der Waals surface area contributed by atoms with Crippen molar-refractivity contribution in [1.82, 2.24) is 15.0 Å². The van der Waals surface area contributed by atoms with Crippen LogP contribution in [-0.2, 0) is 14.8 Å². The minimum Gasteiger partial charge on any atom is -0.394 e. The number of pyridine rings is 1. The molecule has 0 aliphatic carbocycles. The van der Waals surface area contributed by atoms with Gasteiger partial charge >= 0.3 is 0 Å². The average Bonchev–Trinajstić information content (AvgIpc) is 2.75. The van der Waals surface area contributed by atoms with Gasteiger partial charge < -0.3 is 15.2 Å². The monoisotopic (exact) mass is 437 g/mol. The van der Waals surface area contributed by atoms with E-state index in [4.69, 9.17) is 4.74 Å². The fraction of sp³-hybridized carbons (Fsp3) is 0.400. The van der Waals surface area contributed by atoms with Gasteiger partial charge in [0.15, 0.2) is 0 Å². The zero-order chi connectivity index (χ0) is 21.6. The number of sulfonamides is 1. The molecule has 0 unspecified atom stereocenters. The van der Waals surface area contributed by atoms with Crippen LogP contribution in [0, 0.1) is 5.82 Å². The van der Waals surface area contributed by atoms with Crippen molar-refractivity contribution in [2.75, 3.05) is 13.2 Å². The Labute approximate surface area is 174 Å². The fourth-order valence-corrected chi connectivity index (χ4v) is 4.35. The number of hydrogen-bond donors (Lipinski definition) is 3. The molecule has 30 heavy (non-hydrogen) atoms. The Morgan fingerprint density at radius 2 is 1.97 bits per heavy atom. The lowest BCUT2D eigenvalue weighted by Crippen LogP contribution is -2.51. The molecule has 0 radical (unpaired) electrons. The summed E-state index contributed by atoms with van der Waals surface area (Å²) in [4.78, 5) is 16.3. The van der Waals surface area contributed by atoms with E-state index in [1.165, 1.54) is 18.3 Å². The highest BCUT2D eigenvalue weighted by atomic mass is 32.2. The fourth-order valence-electron chi connectivity index (χ4n) is 3.30. The van der Waals surface area contributed by atoms with E-state index in [0.717, 1.165) is 12.1 Å². The van der Waals surface area contributed by atoms with Gasteiger partial charge in [-0.15, -0.1) is 0 Å². The summed E-state index contributed by atoms with van der Waals surface area (Å²) in [6.07, 6.45) is 2.25. The number of benzene rings is 1. The first kappa shape index (κ1) is 22.3. The summed E-state index contributed by atoms with van der Waals surface area (Å²) in [6.45, 7) is -0.140. The van der Waals surface area contributed by atoms with E-state index in [0.29, 0.717) is 19.3 Å². The van der Waals surface area contributed by atoms with Crippen molar-refractivity contribution in [2.24, 2.45) is 0 Å². The predicted molar refractivity (Wildman–Crippen MR) is 107 cm³/mol. The van der Waals surface area contributed by atoms with Gasteiger partial charge in [-0.2, -0.15) is 0 Å². The highest BCUT2D eigenvalue weighted by Gasteiger charge is 2.32. The first-order valence-corrected chi connectivity index (χ1v) is 11.1. The van der Waals surface area contributed by atoms with Gasteiger partial charge in [0, 0.05) is 12.7 Å². The third kappa shape index (κ3) is 5.82. The molecule has 10 heteroatoms. The van der Waals surface area contributed by atoms with E-state index in [1.54, 1.807) is 18.2 Å². The van der Waals surface area contributed by atoms with Crippen molar-refractivity contribution in [3.63, 3.8) is 0 Å². The van der Waals surface area contributed by atoms with Crippen LogP contribution in [0.25, 0.3) is 0 Å². The van der Waals surface area contributed by atoms with Gasteiger partial charge in [-0.25, -0.2) is 17.5 Å². The number of halogens is 1. The number of aliphatic hydroxyl groups excluding tert-OH is 1. The number of nitrogens with zero attached hydrogens (tertiary/aromatic N) is 1. The van der Waals surface area contributed by atoms with Gasteiger partial charge in [0.25, 0.3) is 5.91 Å². The minimum absolute atomic E-state index is 0.0148. The summed E-state index contributed by atoms with van der Waals surface area (Å²) in [5.74, 6) is -0.850. The van der Waals surface area contributed by atoms with Crippen molar-refractivity contribution in [3.05, 3.63) is 60.2 Å². The van der Waals surface area contributed by atoms with E-state index < -0.39 is 21.9 Å². The first-order chi connectivity index (χ1) is 14.4. The van der Waals surface area contributed by atoms with E-state index in [1.807, 2.05) is 0 Å². The highest BCUT2D eigenvalue weighted by molar-refractivity contribution is 7.89. The molecule has 1 aromatic heterocycles. The molecule has 162 valence electrons. The Balaban J connectivity index is 1.49. The molecule has 1 aromatic carbocycles. The van der Waals surface area contributed by atoms with Gasteiger partial charge in [-0.3, -0.25) is 9.78 Å². The van der Waals surface area contributed by atoms with Gasteiger partial charge in [-0.05, 0) is 55.7 Å². The van der Waals surface area contributed by atoms with Crippen molar-refractivity contribution < 1.29 is 27.4 Å². The molecular formula is C20H24FN3O5S. The van der Waals surface area contributed by atoms with Crippen molar-refractivity contribution in [1.29, 1.82) is 0 Å². The number of aromatic nitrogens is 1. The van der Waals surface area contributed by atoms with E-state index >= 15 is 0 Å². The molecule has 2 heterocycles. The number of rotatable bonds is 8. The zero-order valence-corrected chi connectivity index (χ0v) is 17.0. The third-order valence-corrected chi connectivity index (χ3v) is 6.37. The highest BCUT2D eigenvalue weighted by Crippen LogP contribution is 2.22. The van der Waals surface area contributed by atoms with Gasteiger partial charge in [0.05, 0.1) is 23.6 Å². The standard InChI is InChI=1S/C20H24FN3O5S/c21-14-4-7-16(8-5-14)30(27,28)23-12-10-15-6-9-17(19(13-25)29-15)24-20(26)18-3-1-2-11-22-18/h1-5,7-8,11,15,17,19,23,25H,6,9-10,12-13H2,(H,24,26)/t15-,17-,19+/m0/s1. The molecule has 2 aromatic rings. The lowest BCUT2D eigenvalue weighted by molar-refractivity contribution is -0.0891. The summed E-state index contributed by atoms with van der Waals surface area (Å²) >= 11 is 0. The number of aliphatic hydroxyl groups is 1. The molecule has 3 rings (SSSR count). The van der Waals surface area contributed by atoms with Crippen LogP contribution in [-0.4, -0.2) is 55.8 Å². The smallest absolute Gasteiger partial charge is 0.270 e. The Morgan fingerprint density at radius 1 is 1.20 bits per heavy atom. The van der Waals surface area contributed by atoms with Gasteiger partial charge in [-0.1, -0.05) is 6.07 Å². The third-order valence-electron chi connectivity index (χ3n) is 4.89. The van der Waals surface area contributed by atoms with Crippen LogP contribution in [0.4, 0.5) is 4.39 Å². The number of carbonyl (C=O) groups is 1. The summed E-state index contributed by atoms with van der Waals surface area (Å²) in [5.41, 5.74) is 0.284. The molecule has 1 amide bonds. The van der Waals surface area contributed by atoms with Crippen LogP contribution in [0.2, 0.25) is 0 Å². The molecule has 8 nitrogen and oxygen atoms in total. The molecule has 1 aliphatic rings. The lowest BCUT2D eigenvalue weighted by atomic mass is 9.97. The number of ether oxygens (including phenoxy) is 1. The molecule has 1 saturated heterocycles. The molecule has 1 aliphatic heterocycles. The van der Waals surface area contributed by atoms with Crippen LogP contribution in [0.3, 0.4) is 0 Å². The molecular weight excluding hydrogens is 413 g/mol. The maximum Gasteiger partial charge on any atom is 0.270 e. The maximum atomic E-state index is 13.0. The number of amides is 1. The number of carbonyl (C=O) groups excluding carboxylic acids is 1. The molecule has 3 N–H and O–H groups in total. The minimum atomic E-state index is -3.74. The Morgan fingerprint density at radius 3 is 2.63 bits per heavy atom. The summed E-state index contributed by atoms with van der Waals surface area (Å²) in [7, 11) is -3.74. The van der Waals surface area contributed by atoms with Crippen molar-refractivity contribution >= 4 is 15.9 Å². The summed E-state index contributed by atoms with van der Waals surface area (Å²) in [5, 5.41) is 12.5. The molecule has 0 bridgehead atoms. The van der Waals surface area contributed by atoms with E-state index in [-0.39, 0.29) is 41.8 Å². The second kappa shape index (κ2) is 10.1. The van der Waals surface area contributed by atoms with Crippen LogP contribution in [0.5, 0.6) is 0 Å². The molecule has 3 atom stereocenters. The topological polar surface area (TPSA) is 118 Å². The number of hydrogen-bond acceptors (Lipinski definition) is 6. The Bertz CT molecular complexity index is 941. The summed E-state index contributed by atoms with van der Waals surface area (Å²) < 4.78 is 45.8. The molecule has 0 saturated carbocycles. The van der Waals surface area contributed by atoms with Crippen LogP contribution >= 0.6 is 0 Å². The quantitative estimate of drug-likeness (QED) is 0.572. The van der Waals surface area contributed by atoms with E-state index in [9.17, 15) is 22.7 Å². The second-order valence-electron chi connectivity index (χ2n) is 6.99. The maximum absolute atomic E-state index is 13.0. The van der Waals surface area contributed by atoms with E-state index in [2.05, 4.69) is 15.0 Å². The first-order valence-electron chi connectivity index (χ1n) is 9.62. The average molecular weight is 437 g/mol. The van der Waals surface area contributed by atoms with Crippen molar-refractivity contribution in [2.45, 2.75) is 42.4 Å². The second-order valence-corrected chi connectivity index (χ2v) is 8.76. The lowest BCUT2D eigenvalue weighted by Gasteiger charge is -2.36. The van der Waals surface area contributed by atoms with Crippen LogP contribution in [0.15, 0.2) is 53.6 Å². The van der Waals surface area contributed by atoms with Gasteiger partial charge in [0.1, 0.15) is 17.6 Å². The predicted octanol–water partition coefficient (Wildman–Crippen LogP) is 1.23. The molecule has 0 spiro atoms. The van der Waals surface area contributed by atoms with Crippen molar-refractivity contribution in [3.8, 4) is 0 Å². The summed E-state index contributed by atoms with van der Waals surface area (Å²) in [6, 6.07) is 9.24. The SMILES string of the molecule is O=C(N[C@H]1CC[C@@H](CCNS(=O)(=O)c2ccc(F)cc2)O[C@@H]1CO)c1ccccn1. The van der Waals surface area contributed by atoms with Gasteiger partial charge in [0.2, 0.25) is 10.0 Å². The Kier molecular flexibility index (Phi) is 7.48. The zero-order valence-electron chi connectivity index (χ0n) is 16.2. The normalized spacial score (nSPS) is 21.9. The molecule has 1 fully saturated rings. The Hall–Kier alpha value is -2.40. The van der Waals surface area contributed by atoms with Crippen LogP contribution in [0.1, 0.15) is 29.8 Å².